The van der Waals surface area contributed by atoms with Crippen molar-refractivity contribution in [1.29, 1.82) is 0 Å². The number of benzene rings is 1. The molecule has 3 unspecified atom stereocenters. The minimum absolute atomic E-state index is 0. The number of nitrogens with zero attached hydrogens (tertiary/aromatic N) is 1. The molecule has 1 saturated heterocycles. The zero-order chi connectivity index (χ0) is 19.3. The summed E-state index contributed by atoms with van der Waals surface area (Å²) in [6, 6.07) is 7.97. The Balaban J connectivity index is 0.00000205. The second-order valence-corrected chi connectivity index (χ2v) is 9.25. The molecule has 3 aliphatic rings. The largest absolute Gasteiger partial charge is 0.338 e. The van der Waals surface area contributed by atoms with Crippen molar-refractivity contribution in [2.75, 3.05) is 18.4 Å². The monoisotopic (exact) mass is 431 g/mol. The van der Waals surface area contributed by atoms with Crippen LogP contribution in [0, 0.1) is 11.8 Å². The summed E-state index contributed by atoms with van der Waals surface area (Å²) in [5.41, 5.74) is 10.1. The first-order chi connectivity index (χ1) is 13.6. The zero-order valence-corrected chi connectivity index (χ0v) is 17.9. The molecule has 5 rings (SSSR count). The molecule has 2 fully saturated rings. The number of aryl methyl sites for hydroxylation is 2. The standard InChI is InChI=1S/C22H25N3O2S.ClH/c23-19-7-6-16-11-25(12-18(16)19)22(27)17-8-9-28-21(17)24-20(26)15-5-4-13-2-1-3-14(13)10-15;/h4-5,8-10,16,18-19H,1-3,6-7,11-12,23H2,(H,24,26);1H. The molecule has 5 nitrogen and oxygen atoms in total. The third-order valence-electron chi connectivity index (χ3n) is 6.68. The van der Waals surface area contributed by atoms with Crippen molar-refractivity contribution >= 4 is 40.6 Å². The molecule has 0 spiro atoms. The van der Waals surface area contributed by atoms with Gasteiger partial charge in [-0.3, -0.25) is 9.59 Å². The van der Waals surface area contributed by atoms with E-state index in [1.54, 1.807) is 0 Å². The number of halogens is 1. The molecule has 1 aromatic carbocycles. The number of nitrogens with two attached hydrogens (primary N) is 1. The Morgan fingerprint density at radius 3 is 2.76 bits per heavy atom. The second kappa shape index (κ2) is 8.09. The first-order valence-electron chi connectivity index (χ1n) is 10.2. The van der Waals surface area contributed by atoms with Gasteiger partial charge in [-0.2, -0.15) is 0 Å². The van der Waals surface area contributed by atoms with Crippen molar-refractivity contribution in [2.45, 2.75) is 38.1 Å². The number of hydrogen-bond acceptors (Lipinski definition) is 4. The van der Waals surface area contributed by atoms with E-state index in [2.05, 4.69) is 11.4 Å². The van der Waals surface area contributed by atoms with Crippen LogP contribution in [0.15, 0.2) is 29.6 Å². The Morgan fingerprint density at radius 2 is 1.93 bits per heavy atom. The average Bonchev–Trinajstić information content (AvgIpc) is 3.46. The molecule has 3 atom stereocenters. The molecule has 0 radical (unpaired) electrons. The lowest BCUT2D eigenvalue weighted by atomic mass is 9.98. The van der Waals surface area contributed by atoms with Crippen molar-refractivity contribution in [3.8, 4) is 0 Å². The maximum absolute atomic E-state index is 13.1. The van der Waals surface area contributed by atoms with Crippen molar-refractivity contribution in [2.24, 2.45) is 17.6 Å². The Labute approximate surface area is 181 Å². The van der Waals surface area contributed by atoms with Crippen LogP contribution in [0.5, 0.6) is 0 Å². The first kappa shape index (κ1) is 20.4. The average molecular weight is 432 g/mol. The maximum atomic E-state index is 13.1. The SMILES string of the molecule is Cl.NC1CCC2CN(C(=O)c3ccsc3NC(=O)c3ccc4c(c3)CCC4)CC12. The molecule has 2 amide bonds. The number of carbonyl (C=O) groups excluding carboxylic acids is 2. The summed E-state index contributed by atoms with van der Waals surface area (Å²) in [4.78, 5) is 27.8. The van der Waals surface area contributed by atoms with E-state index in [1.165, 1.54) is 22.5 Å². The smallest absolute Gasteiger partial charge is 0.256 e. The molecule has 2 aromatic rings. The number of hydrogen-bond donors (Lipinski definition) is 2. The highest BCUT2D eigenvalue weighted by molar-refractivity contribution is 7.14. The topological polar surface area (TPSA) is 75.4 Å². The van der Waals surface area contributed by atoms with Crippen molar-refractivity contribution < 1.29 is 9.59 Å². The lowest BCUT2D eigenvalue weighted by Gasteiger charge is -2.19. The van der Waals surface area contributed by atoms with Crippen molar-refractivity contribution in [3.63, 3.8) is 0 Å². The number of amides is 2. The van der Waals surface area contributed by atoms with Crippen molar-refractivity contribution in [1.82, 2.24) is 4.90 Å². The van der Waals surface area contributed by atoms with Gasteiger partial charge in [0, 0.05) is 24.7 Å². The Kier molecular flexibility index (Phi) is 5.69. The highest BCUT2D eigenvalue weighted by Gasteiger charge is 2.43. The Bertz CT molecular complexity index is 944. The summed E-state index contributed by atoms with van der Waals surface area (Å²) < 4.78 is 0. The fourth-order valence-corrected chi connectivity index (χ4v) is 5.88. The van der Waals surface area contributed by atoms with Crippen LogP contribution in [0.3, 0.4) is 0 Å². The van der Waals surface area contributed by atoms with E-state index in [4.69, 9.17) is 5.73 Å². The van der Waals surface area contributed by atoms with E-state index in [0.717, 1.165) is 45.2 Å². The number of rotatable bonds is 3. The maximum Gasteiger partial charge on any atom is 0.256 e. The van der Waals surface area contributed by atoms with Gasteiger partial charge in [0.1, 0.15) is 5.00 Å². The van der Waals surface area contributed by atoms with Crippen LogP contribution in [-0.2, 0) is 12.8 Å². The van der Waals surface area contributed by atoms with Gasteiger partial charge in [0.15, 0.2) is 0 Å². The molecule has 29 heavy (non-hydrogen) atoms. The van der Waals surface area contributed by atoms with Gasteiger partial charge in [-0.1, -0.05) is 6.07 Å². The molecule has 2 heterocycles. The first-order valence-corrected chi connectivity index (χ1v) is 11.0. The number of likely N-dealkylation sites (tertiary alicyclic amines) is 1. The van der Waals surface area contributed by atoms with Crippen LogP contribution < -0.4 is 11.1 Å². The Hall–Kier alpha value is -1.89. The lowest BCUT2D eigenvalue weighted by molar-refractivity contribution is 0.0781. The fraction of sp³-hybridized carbons (Fsp3) is 0.455. The zero-order valence-electron chi connectivity index (χ0n) is 16.2. The highest BCUT2D eigenvalue weighted by atomic mass is 35.5. The van der Waals surface area contributed by atoms with Crippen LogP contribution in [0.4, 0.5) is 5.00 Å². The molecular weight excluding hydrogens is 406 g/mol. The molecule has 1 aromatic heterocycles. The number of thiophene rings is 1. The predicted molar refractivity (Wildman–Crippen MR) is 118 cm³/mol. The molecule has 1 aliphatic heterocycles. The number of nitrogens with one attached hydrogen (secondary N) is 1. The summed E-state index contributed by atoms with van der Waals surface area (Å²) in [7, 11) is 0. The molecule has 2 aliphatic carbocycles. The lowest BCUT2D eigenvalue weighted by Crippen LogP contribution is -2.33. The third kappa shape index (κ3) is 3.69. The van der Waals surface area contributed by atoms with Gasteiger partial charge < -0.3 is 16.0 Å². The van der Waals surface area contributed by atoms with Gasteiger partial charge in [0.25, 0.3) is 11.8 Å². The molecule has 7 heteroatoms. The molecule has 0 bridgehead atoms. The van der Waals surface area contributed by atoms with E-state index < -0.39 is 0 Å². The second-order valence-electron chi connectivity index (χ2n) is 8.33. The summed E-state index contributed by atoms with van der Waals surface area (Å²) in [5.74, 6) is 0.813. The van der Waals surface area contributed by atoms with Gasteiger partial charge in [0.2, 0.25) is 0 Å². The predicted octanol–water partition coefficient (Wildman–Crippen LogP) is 3.72. The van der Waals surface area contributed by atoms with Crippen LogP contribution in [-0.4, -0.2) is 35.8 Å². The quantitative estimate of drug-likeness (QED) is 0.777. The van der Waals surface area contributed by atoms with Gasteiger partial charge >= 0.3 is 0 Å². The number of anilines is 1. The van der Waals surface area contributed by atoms with Crippen LogP contribution >= 0.6 is 23.7 Å². The van der Waals surface area contributed by atoms with Crippen LogP contribution in [0.2, 0.25) is 0 Å². The highest BCUT2D eigenvalue weighted by Crippen LogP contribution is 2.38. The number of carbonyl (C=O) groups is 2. The molecular formula is C22H26ClN3O2S. The summed E-state index contributed by atoms with van der Waals surface area (Å²) in [6.45, 7) is 1.52. The van der Waals surface area contributed by atoms with E-state index in [9.17, 15) is 9.59 Å². The summed E-state index contributed by atoms with van der Waals surface area (Å²) in [6.07, 6.45) is 5.48. The normalized spacial score (nSPS) is 24.7. The van der Waals surface area contributed by atoms with Gasteiger partial charge in [-0.05, 0) is 78.6 Å². The van der Waals surface area contributed by atoms with Gasteiger partial charge in [-0.15, -0.1) is 23.7 Å². The minimum atomic E-state index is -0.147. The fourth-order valence-electron chi connectivity index (χ4n) is 5.11. The van der Waals surface area contributed by atoms with E-state index in [1.807, 2.05) is 28.5 Å². The summed E-state index contributed by atoms with van der Waals surface area (Å²) >= 11 is 1.40. The molecule has 3 N–H and O–H groups in total. The minimum Gasteiger partial charge on any atom is -0.338 e. The van der Waals surface area contributed by atoms with Crippen LogP contribution in [0.1, 0.15) is 51.1 Å². The summed E-state index contributed by atoms with van der Waals surface area (Å²) in [5, 5.41) is 5.47. The van der Waals surface area contributed by atoms with E-state index in [0.29, 0.717) is 28.0 Å². The van der Waals surface area contributed by atoms with Crippen molar-refractivity contribution in [3.05, 3.63) is 51.9 Å². The third-order valence-corrected chi connectivity index (χ3v) is 7.51. The van der Waals surface area contributed by atoms with E-state index >= 15 is 0 Å². The molecule has 154 valence electrons. The van der Waals surface area contributed by atoms with Gasteiger partial charge in [-0.25, -0.2) is 0 Å². The van der Waals surface area contributed by atoms with Gasteiger partial charge in [0.05, 0.1) is 5.56 Å². The Morgan fingerprint density at radius 1 is 1.10 bits per heavy atom. The molecule has 1 saturated carbocycles. The number of fused-ring (bicyclic) bond motifs is 2. The van der Waals surface area contributed by atoms with Crippen LogP contribution in [0.25, 0.3) is 0 Å². The van der Waals surface area contributed by atoms with E-state index in [-0.39, 0.29) is 30.3 Å².